The van der Waals surface area contributed by atoms with Crippen LogP contribution in [0.3, 0.4) is 0 Å². The van der Waals surface area contributed by atoms with Gasteiger partial charge in [-0.1, -0.05) is 0 Å². The van der Waals surface area contributed by atoms with Crippen molar-refractivity contribution in [1.82, 2.24) is 4.98 Å². The standard InChI is InChI=1S/C25H19F2N3O4S/c1-33-22-12-16(4-11-21(22)34-13-23(31)28-19-9-7-18(27)8-10-19)24(32)30-25-29-20(14-35-25)15-2-5-17(26)6-3-15/h2-12,14H,13H2,1H3,(H,28,31)(H,29,30,32). The molecule has 2 amide bonds. The molecule has 0 aliphatic heterocycles. The fraction of sp³-hybridized carbons (Fsp3) is 0.0800. The van der Waals surface area contributed by atoms with Gasteiger partial charge in [0.1, 0.15) is 11.6 Å². The highest BCUT2D eigenvalue weighted by molar-refractivity contribution is 7.14. The number of amides is 2. The van der Waals surface area contributed by atoms with Gasteiger partial charge in [-0.25, -0.2) is 13.8 Å². The molecule has 4 rings (SSSR count). The van der Waals surface area contributed by atoms with E-state index in [1.54, 1.807) is 17.5 Å². The Balaban J connectivity index is 1.37. The maximum Gasteiger partial charge on any atom is 0.262 e. The minimum absolute atomic E-state index is 0.262. The molecule has 0 bridgehead atoms. The summed E-state index contributed by atoms with van der Waals surface area (Å²) in [5.41, 5.74) is 2.08. The zero-order chi connectivity index (χ0) is 24.8. The van der Waals surface area contributed by atoms with Crippen molar-refractivity contribution in [2.75, 3.05) is 24.4 Å². The lowest BCUT2D eigenvalue weighted by Gasteiger charge is -2.12. The first-order chi connectivity index (χ1) is 16.9. The van der Waals surface area contributed by atoms with Gasteiger partial charge in [-0.15, -0.1) is 11.3 Å². The molecular formula is C25H19F2N3O4S. The van der Waals surface area contributed by atoms with Crippen LogP contribution in [0.25, 0.3) is 11.3 Å². The third kappa shape index (κ3) is 6.18. The second-order valence-corrected chi connectivity index (χ2v) is 8.07. The Morgan fingerprint density at radius 2 is 1.60 bits per heavy atom. The number of methoxy groups -OCH3 is 1. The Hall–Kier alpha value is -4.31. The van der Waals surface area contributed by atoms with Gasteiger partial charge in [0, 0.05) is 22.2 Å². The molecule has 0 saturated heterocycles. The van der Waals surface area contributed by atoms with Crippen molar-refractivity contribution in [1.29, 1.82) is 0 Å². The summed E-state index contributed by atoms with van der Waals surface area (Å²) in [7, 11) is 1.41. The van der Waals surface area contributed by atoms with E-state index in [4.69, 9.17) is 9.47 Å². The van der Waals surface area contributed by atoms with Crippen LogP contribution in [0.4, 0.5) is 19.6 Å². The van der Waals surface area contributed by atoms with Gasteiger partial charge in [0.15, 0.2) is 23.2 Å². The molecule has 4 aromatic rings. The molecule has 0 saturated carbocycles. The van der Waals surface area contributed by atoms with Gasteiger partial charge in [0.25, 0.3) is 11.8 Å². The summed E-state index contributed by atoms with van der Waals surface area (Å²) in [5.74, 6) is -1.07. The lowest BCUT2D eigenvalue weighted by atomic mass is 10.2. The topological polar surface area (TPSA) is 89.6 Å². The van der Waals surface area contributed by atoms with Gasteiger partial charge in [-0.2, -0.15) is 0 Å². The van der Waals surface area contributed by atoms with E-state index in [9.17, 15) is 18.4 Å². The summed E-state index contributed by atoms with van der Waals surface area (Å²) >= 11 is 1.24. The SMILES string of the molecule is COc1cc(C(=O)Nc2nc(-c3ccc(F)cc3)cs2)ccc1OCC(=O)Nc1ccc(F)cc1. The summed E-state index contributed by atoms with van der Waals surface area (Å²) in [6, 6.07) is 15.8. The molecule has 2 N–H and O–H groups in total. The molecule has 1 heterocycles. The smallest absolute Gasteiger partial charge is 0.262 e. The Labute approximate surface area is 203 Å². The number of aromatic nitrogens is 1. The maximum atomic E-state index is 13.1. The fourth-order valence-corrected chi connectivity index (χ4v) is 3.77. The van der Waals surface area contributed by atoms with Crippen LogP contribution in [0.15, 0.2) is 72.1 Å². The number of nitrogens with zero attached hydrogens (tertiary/aromatic N) is 1. The normalized spacial score (nSPS) is 10.5. The second kappa shape index (κ2) is 10.7. The highest BCUT2D eigenvalue weighted by Gasteiger charge is 2.15. The summed E-state index contributed by atoms with van der Waals surface area (Å²) in [6.07, 6.45) is 0. The summed E-state index contributed by atoms with van der Waals surface area (Å²) in [5, 5.41) is 7.45. The van der Waals surface area contributed by atoms with E-state index in [0.717, 1.165) is 5.56 Å². The van der Waals surface area contributed by atoms with Gasteiger partial charge >= 0.3 is 0 Å². The van der Waals surface area contributed by atoms with Gasteiger partial charge in [-0.05, 0) is 66.7 Å². The molecule has 0 fully saturated rings. The predicted molar refractivity (Wildman–Crippen MR) is 129 cm³/mol. The van der Waals surface area contributed by atoms with Crippen LogP contribution >= 0.6 is 11.3 Å². The van der Waals surface area contributed by atoms with Crippen LogP contribution in [-0.4, -0.2) is 30.5 Å². The number of rotatable bonds is 8. The number of halogens is 2. The van der Waals surface area contributed by atoms with Gasteiger partial charge in [0.2, 0.25) is 0 Å². The van der Waals surface area contributed by atoms with Crippen LogP contribution in [0.2, 0.25) is 0 Å². The molecule has 0 radical (unpaired) electrons. The number of carbonyl (C=O) groups is 2. The minimum atomic E-state index is -0.443. The Bertz CT molecular complexity index is 1340. The number of thiazole rings is 1. The number of hydrogen-bond acceptors (Lipinski definition) is 6. The Morgan fingerprint density at radius 1 is 0.914 bits per heavy atom. The number of benzene rings is 3. The first-order valence-corrected chi connectivity index (χ1v) is 11.2. The zero-order valence-electron chi connectivity index (χ0n) is 18.4. The molecule has 0 atom stereocenters. The zero-order valence-corrected chi connectivity index (χ0v) is 19.2. The Morgan fingerprint density at radius 3 is 2.29 bits per heavy atom. The minimum Gasteiger partial charge on any atom is -0.493 e. The van der Waals surface area contributed by atoms with Gasteiger partial charge in [-0.3, -0.25) is 14.9 Å². The molecule has 0 aliphatic carbocycles. The molecule has 0 aliphatic rings. The Kier molecular flexibility index (Phi) is 7.32. The third-order valence-corrected chi connectivity index (χ3v) is 5.53. The largest absolute Gasteiger partial charge is 0.493 e. The van der Waals surface area contributed by atoms with E-state index in [1.165, 1.54) is 73.0 Å². The average molecular weight is 496 g/mol. The fourth-order valence-electron chi connectivity index (χ4n) is 3.06. The van der Waals surface area contributed by atoms with Crippen LogP contribution in [0.1, 0.15) is 10.4 Å². The van der Waals surface area contributed by atoms with Crippen molar-refractivity contribution in [3.63, 3.8) is 0 Å². The van der Waals surface area contributed by atoms with E-state index in [0.29, 0.717) is 22.1 Å². The van der Waals surface area contributed by atoms with E-state index in [-0.39, 0.29) is 23.9 Å². The maximum absolute atomic E-state index is 13.1. The van der Waals surface area contributed by atoms with Gasteiger partial charge in [0.05, 0.1) is 12.8 Å². The number of nitrogens with one attached hydrogen (secondary N) is 2. The van der Waals surface area contributed by atoms with Crippen LogP contribution in [0.5, 0.6) is 11.5 Å². The number of hydrogen-bond donors (Lipinski definition) is 2. The summed E-state index contributed by atoms with van der Waals surface area (Å²) in [6.45, 7) is -0.315. The lowest BCUT2D eigenvalue weighted by molar-refractivity contribution is -0.118. The highest BCUT2D eigenvalue weighted by atomic mass is 32.1. The van der Waals surface area contributed by atoms with Crippen LogP contribution in [-0.2, 0) is 4.79 Å². The molecule has 3 aromatic carbocycles. The molecule has 7 nitrogen and oxygen atoms in total. The monoisotopic (exact) mass is 495 g/mol. The summed E-state index contributed by atoms with van der Waals surface area (Å²) in [4.78, 5) is 29.2. The van der Waals surface area contributed by atoms with Gasteiger partial charge < -0.3 is 14.8 Å². The van der Waals surface area contributed by atoms with E-state index < -0.39 is 17.6 Å². The third-order valence-electron chi connectivity index (χ3n) is 4.78. The molecule has 10 heteroatoms. The molecular weight excluding hydrogens is 476 g/mol. The number of ether oxygens (including phenoxy) is 2. The molecule has 178 valence electrons. The van der Waals surface area contributed by atoms with Crippen LogP contribution in [0, 0.1) is 11.6 Å². The molecule has 1 aromatic heterocycles. The van der Waals surface area contributed by atoms with Crippen molar-refractivity contribution in [3.05, 3.63) is 89.3 Å². The van der Waals surface area contributed by atoms with Crippen molar-refractivity contribution < 1.29 is 27.8 Å². The molecule has 35 heavy (non-hydrogen) atoms. The van der Waals surface area contributed by atoms with Crippen molar-refractivity contribution in [2.24, 2.45) is 0 Å². The predicted octanol–water partition coefficient (Wildman–Crippen LogP) is 5.37. The first-order valence-electron chi connectivity index (χ1n) is 10.3. The highest BCUT2D eigenvalue weighted by Crippen LogP contribution is 2.29. The second-order valence-electron chi connectivity index (χ2n) is 7.21. The van der Waals surface area contributed by atoms with Crippen molar-refractivity contribution in [3.8, 4) is 22.8 Å². The van der Waals surface area contributed by atoms with Crippen LogP contribution < -0.4 is 20.1 Å². The summed E-state index contributed by atoms with van der Waals surface area (Å²) < 4.78 is 36.9. The first kappa shape index (κ1) is 23.8. The van der Waals surface area contributed by atoms with Crippen molar-refractivity contribution >= 4 is 34.0 Å². The average Bonchev–Trinajstić information content (AvgIpc) is 3.33. The number of carbonyl (C=O) groups excluding carboxylic acids is 2. The quantitative estimate of drug-likeness (QED) is 0.343. The molecule has 0 spiro atoms. The van der Waals surface area contributed by atoms with Crippen molar-refractivity contribution in [2.45, 2.75) is 0 Å². The lowest BCUT2D eigenvalue weighted by Crippen LogP contribution is -2.20. The van der Waals surface area contributed by atoms with E-state index in [1.807, 2.05) is 0 Å². The number of anilines is 2. The van der Waals surface area contributed by atoms with E-state index in [2.05, 4.69) is 15.6 Å². The van der Waals surface area contributed by atoms with E-state index >= 15 is 0 Å². The molecule has 0 unspecified atom stereocenters.